The number of rotatable bonds is 8. The van der Waals surface area contributed by atoms with Gasteiger partial charge in [-0.1, -0.05) is 41.2 Å². The summed E-state index contributed by atoms with van der Waals surface area (Å²) in [5, 5.41) is 3.54. The van der Waals surface area contributed by atoms with Crippen molar-refractivity contribution in [3.63, 3.8) is 0 Å². The summed E-state index contributed by atoms with van der Waals surface area (Å²) in [5.41, 5.74) is 4.74. The quantitative estimate of drug-likeness (QED) is 0.347. The first-order valence-corrected chi connectivity index (χ1v) is 11.5. The summed E-state index contributed by atoms with van der Waals surface area (Å²) in [6.45, 7) is 6.70. The van der Waals surface area contributed by atoms with Gasteiger partial charge in [-0.3, -0.25) is 4.40 Å². The molecule has 33 heavy (non-hydrogen) atoms. The zero-order chi connectivity index (χ0) is 23.5. The summed E-state index contributed by atoms with van der Waals surface area (Å²) in [5.74, 6) is 1.81. The minimum Gasteiger partial charge on any atom is -0.497 e. The van der Waals surface area contributed by atoms with Crippen molar-refractivity contribution >= 4 is 28.1 Å². The minimum atomic E-state index is -0.334. The number of hydrogen-bond acceptors (Lipinski definition) is 7. The number of nitrogens with zero attached hydrogens (tertiary/aromatic N) is 2. The molecule has 0 spiro atoms. The predicted molar refractivity (Wildman–Crippen MR) is 131 cm³/mol. The standard InChI is InChI=1S/C25H27N3O4S/c1-6-32-24(29)22-16(3)28-23(26-14-17-9-7-15(2)8-10-17)21(27-25(28)33-22)18-11-19(30-4)13-20(12-18)31-5/h7-13,26H,6,14H2,1-5H3. The highest BCUT2D eigenvalue weighted by Crippen LogP contribution is 2.38. The highest BCUT2D eigenvalue weighted by molar-refractivity contribution is 7.19. The smallest absolute Gasteiger partial charge is 0.350 e. The molecule has 2 heterocycles. The number of methoxy groups -OCH3 is 2. The van der Waals surface area contributed by atoms with Crippen molar-refractivity contribution < 1.29 is 19.0 Å². The molecule has 2 aromatic carbocycles. The van der Waals surface area contributed by atoms with E-state index in [9.17, 15) is 4.79 Å². The van der Waals surface area contributed by atoms with Gasteiger partial charge in [-0.15, -0.1) is 0 Å². The van der Waals surface area contributed by atoms with E-state index in [0.29, 0.717) is 34.5 Å². The number of anilines is 1. The van der Waals surface area contributed by atoms with E-state index in [0.717, 1.165) is 28.3 Å². The zero-order valence-electron chi connectivity index (χ0n) is 19.4. The molecule has 0 fully saturated rings. The summed E-state index contributed by atoms with van der Waals surface area (Å²) in [7, 11) is 3.24. The van der Waals surface area contributed by atoms with Crippen molar-refractivity contribution in [2.75, 3.05) is 26.1 Å². The van der Waals surface area contributed by atoms with Gasteiger partial charge >= 0.3 is 5.97 Å². The van der Waals surface area contributed by atoms with Crippen LogP contribution in [0.3, 0.4) is 0 Å². The average Bonchev–Trinajstić information content (AvgIpc) is 3.35. The molecule has 7 nitrogen and oxygen atoms in total. The molecular weight excluding hydrogens is 438 g/mol. The average molecular weight is 466 g/mol. The third kappa shape index (κ3) is 4.52. The Balaban J connectivity index is 1.84. The van der Waals surface area contributed by atoms with E-state index < -0.39 is 0 Å². The number of hydrogen-bond donors (Lipinski definition) is 1. The number of thiazole rings is 1. The van der Waals surface area contributed by atoms with Crippen LogP contribution in [-0.2, 0) is 11.3 Å². The number of ether oxygens (including phenoxy) is 3. The molecule has 0 atom stereocenters. The van der Waals surface area contributed by atoms with Gasteiger partial charge < -0.3 is 19.5 Å². The number of aromatic nitrogens is 2. The largest absolute Gasteiger partial charge is 0.497 e. The molecule has 0 saturated heterocycles. The molecule has 0 saturated carbocycles. The highest BCUT2D eigenvalue weighted by atomic mass is 32.1. The highest BCUT2D eigenvalue weighted by Gasteiger charge is 2.24. The van der Waals surface area contributed by atoms with Crippen LogP contribution in [0.25, 0.3) is 16.2 Å². The fourth-order valence-corrected chi connectivity index (χ4v) is 4.65. The van der Waals surface area contributed by atoms with E-state index in [4.69, 9.17) is 19.2 Å². The molecule has 172 valence electrons. The van der Waals surface area contributed by atoms with Gasteiger partial charge in [0.15, 0.2) is 4.96 Å². The lowest BCUT2D eigenvalue weighted by Gasteiger charge is -2.12. The van der Waals surface area contributed by atoms with Gasteiger partial charge in [0, 0.05) is 23.9 Å². The van der Waals surface area contributed by atoms with E-state index in [-0.39, 0.29) is 5.97 Å². The van der Waals surface area contributed by atoms with Gasteiger partial charge in [-0.25, -0.2) is 9.78 Å². The number of benzene rings is 2. The van der Waals surface area contributed by atoms with E-state index in [2.05, 4.69) is 36.5 Å². The van der Waals surface area contributed by atoms with E-state index >= 15 is 0 Å². The predicted octanol–water partition coefficient (Wildman–Crippen LogP) is 5.49. The molecule has 4 aromatic rings. The van der Waals surface area contributed by atoms with Gasteiger partial charge in [-0.2, -0.15) is 0 Å². The van der Waals surface area contributed by atoms with Crippen molar-refractivity contribution in [1.29, 1.82) is 0 Å². The first kappa shape index (κ1) is 22.7. The second kappa shape index (κ2) is 9.54. The van der Waals surface area contributed by atoms with Crippen LogP contribution in [0, 0.1) is 13.8 Å². The van der Waals surface area contributed by atoms with Gasteiger partial charge in [0.05, 0.1) is 20.8 Å². The summed E-state index contributed by atoms with van der Waals surface area (Å²) >= 11 is 1.32. The van der Waals surface area contributed by atoms with Crippen LogP contribution in [0.4, 0.5) is 5.82 Å². The van der Waals surface area contributed by atoms with E-state index in [1.54, 1.807) is 21.1 Å². The fraction of sp³-hybridized carbons (Fsp3) is 0.280. The molecule has 1 N–H and O–H groups in total. The molecule has 0 amide bonds. The van der Waals surface area contributed by atoms with E-state index in [1.165, 1.54) is 16.9 Å². The SMILES string of the molecule is CCOC(=O)c1sc2nc(-c3cc(OC)cc(OC)c3)c(NCc3ccc(C)cc3)n2c1C. The van der Waals surface area contributed by atoms with Gasteiger partial charge in [0.2, 0.25) is 0 Å². The topological polar surface area (TPSA) is 74.1 Å². The third-order valence-electron chi connectivity index (χ3n) is 5.37. The second-order valence-electron chi connectivity index (χ2n) is 7.60. The lowest BCUT2D eigenvalue weighted by atomic mass is 10.1. The number of carbonyl (C=O) groups excluding carboxylic acids is 1. The Kier molecular flexibility index (Phi) is 6.55. The number of esters is 1. The maximum Gasteiger partial charge on any atom is 0.350 e. The first-order valence-electron chi connectivity index (χ1n) is 10.7. The van der Waals surface area contributed by atoms with Crippen LogP contribution in [0.2, 0.25) is 0 Å². The Hall–Kier alpha value is -3.52. The van der Waals surface area contributed by atoms with Crippen molar-refractivity contribution in [1.82, 2.24) is 9.38 Å². The zero-order valence-corrected chi connectivity index (χ0v) is 20.2. The van der Waals surface area contributed by atoms with Crippen molar-refractivity contribution in [2.45, 2.75) is 27.3 Å². The summed E-state index contributed by atoms with van der Waals surface area (Å²) in [4.78, 5) is 18.6. The van der Waals surface area contributed by atoms with Crippen LogP contribution in [-0.4, -0.2) is 36.2 Å². The minimum absolute atomic E-state index is 0.325. The fourth-order valence-electron chi connectivity index (χ4n) is 3.63. The first-order chi connectivity index (χ1) is 15.9. The molecule has 0 aliphatic heterocycles. The van der Waals surface area contributed by atoms with E-state index in [1.807, 2.05) is 29.5 Å². The Morgan fingerprint density at radius 2 is 1.73 bits per heavy atom. The molecule has 0 aliphatic rings. The summed E-state index contributed by atoms with van der Waals surface area (Å²) < 4.78 is 18.1. The number of carbonyl (C=O) groups is 1. The maximum atomic E-state index is 12.5. The molecule has 0 unspecified atom stereocenters. The lowest BCUT2D eigenvalue weighted by Crippen LogP contribution is -2.07. The van der Waals surface area contributed by atoms with Gasteiger partial charge in [-0.05, 0) is 38.5 Å². The molecule has 2 aromatic heterocycles. The molecule has 0 aliphatic carbocycles. The number of aryl methyl sites for hydroxylation is 2. The van der Waals surface area contributed by atoms with Crippen LogP contribution in [0.15, 0.2) is 42.5 Å². The molecular formula is C25H27N3O4S. The van der Waals surface area contributed by atoms with Gasteiger partial charge in [0.25, 0.3) is 0 Å². The van der Waals surface area contributed by atoms with Crippen molar-refractivity contribution in [2.24, 2.45) is 0 Å². The molecule has 8 heteroatoms. The summed E-state index contributed by atoms with van der Waals surface area (Å²) in [6, 6.07) is 14.0. The Labute approximate surface area is 196 Å². The second-order valence-corrected chi connectivity index (χ2v) is 8.58. The Morgan fingerprint density at radius 3 is 2.33 bits per heavy atom. The maximum absolute atomic E-state index is 12.5. The van der Waals surface area contributed by atoms with Crippen molar-refractivity contribution in [3.05, 3.63) is 64.2 Å². The van der Waals surface area contributed by atoms with Crippen molar-refractivity contribution in [3.8, 4) is 22.8 Å². The third-order valence-corrected chi connectivity index (χ3v) is 6.49. The van der Waals surface area contributed by atoms with Crippen LogP contribution in [0.1, 0.15) is 33.4 Å². The lowest BCUT2D eigenvalue weighted by molar-refractivity contribution is 0.0531. The molecule has 0 radical (unpaired) electrons. The number of nitrogens with one attached hydrogen (secondary N) is 1. The Morgan fingerprint density at radius 1 is 1.06 bits per heavy atom. The summed E-state index contributed by atoms with van der Waals surface area (Å²) in [6.07, 6.45) is 0. The normalized spacial score (nSPS) is 10.9. The van der Waals surface area contributed by atoms with Crippen LogP contribution in [0.5, 0.6) is 11.5 Å². The molecule has 0 bridgehead atoms. The number of imidazole rings is 1. The van der Waals surface area contributed by atoms with Crippen LogP contribution < -0.4 is 14.8 Å². The number of fused-ring (bicyclic) bond motifs is 1. The van der Waals surface area contributed by atoms with Gasteiger partial charge in [0.1, 0.15) is 27.9 Å². The monoisotopic (exact) mass is 465 g/mol. The van der Waals surface area contributed by atoms with Crippen LogP contribution >= 0.6 is 11.3 Å². The Bertz CT molecular complexity index is 1270. The molecule has 4 rings (SSSR count).